The normalized spacial score (nSPS) is 10.2. The highest BCUT2D eigenvalue weighted by atomic mass is 16.1. The Morgan fingerprint density at radius 1 is 1.41 bits per heavy atom. The van der Waals surface area contributed by atoms with Gasteiger partial charge in [-0.25, -0.2) is 0 Å². The quantitative estimate of drug-likeness (QED) is 0.814. The van der Waals surface area contributed by atoms with Crippen LogP contribution in [0.3, 0.4) is 0 Å². The van der Waals surface area contributed by atoms with Crippen LogP contribution in [0.15, 0.2) is 30.6 Å². The van der Waals surface area contributed by atoms with Gasteiger partial charge in [0.15, 0.2) is 0 Å². The third-order valence-electron chi connectivity index (χ3n) is 2.72. The molecule has 0 aliphatic carbocycles. The summed E-state index contributed by atoms with van der Waals surface area (Å²) in [4.78, 5) is 10.6. The number of aryl methyl sites for hydroxylation is 1. The lowest BCUT2D eigenvalue weighted by molar-refractivity contribution is -0.107. The number of hydrogen-bond acceptors (Lipinski definition) is 3. The first-order valence-corrected chi connectivity index (χ1v) is 5.48. The fraction of sp³-hybridized carbons (Fsp3) is 0.231. The van der Waals surface area contributed by atoms with Gasteiger partial charge in [0.2, 0.25) is 0 Å². The van der Waals surface area contributed by atoms with E-state index >= 15 is 0 Å². The number of nitrogens with one attached hydrogen (secondary N) is 1. The highest BCUT2D eigenvalue weighted by Gasteiger charge is 2.05. The molecule has 0 fully saturated rings. The minimum atomic E-state index is 0.434. The monoisotopic (exact) mass is 229 g/mol. The summed E-state index contributed by atoms with van der Waals surface area (Å²) in [6, 6.07) is 6.02. The van der Waals surface area contributed by atoms with Crippen LogP contribution in [0, 0.1) is 0 Å². The maximum Gasteiger partial charge on any atom is 0.124 e. The van der Waals surface area contributed by atoms with Crippen LogP contribution >= 0.6 is 0 Å². The van der Waals surface area contributed by atoms with Gasteiger partial charge in [0.25, 0.3) is 0 Å². The first kappa shape index (κ1) is 11.4. The summed E-state index contributed by atoms with van der Waals surface area (Å²) in [5.74, 6) is 0. The van der Waals surface area contributed by atoms with Gasteiger partial charge < -0.3 is 10.1 Å². The number of aldehydes is 1. The number of benzene rings is 1. The number of rotatable bonds is 4. The standard InChI is InChI=1S/C13H15N3O/c1-14-13-7-11(4-3-10(13)5-6-17)12-8-15-16(2)9-12/h3-4,6-9,14H,5H2,1-2H3. The van der Waals surface area contributed by atoms with E-state index in [1.54, 1.807) is 4.68 Å². The van der Waals surface area contributed by atoms with Gasteiger partial charge in [-0.1, -0.05) is 12.1 Å². The molecule has 0 bridgehead atoms. The summed E-state index contributed by atoms with van der Waals surface area (Å²) in [6.07, 6.45) is 5.14. The molecule has 1 N–H and O–H groups in total. The Hall–Kier alpha value is -2.10. The highest BCUT2D eigenvalue weighted by molar-refractivity contribution is 5.71. The Bertz CT molecular complexity index is 531. The summed E-state index contributed by atoms with van der Waals surface area (Å²) < 4.78 is 1.77. The first-order chi connectivity index (χ1) is 8.24. The number of aromatic nitrogens is 2. The van der Waals surface area contributed by atoms with E-state index < -0.39 is 0 Å². The van der Waals surface area contributed by atoms with E-state index in [9.17, 15) is 4.79 Å². The molecule has 2 rings (SSSR count). The van der Waals surface area contributed by atoms with Gasteiger partial charge >= 0.3 is 0 Å². The van der Waals surface area contributed by atoms with E-state index in [4.69, 9.17) is 0 Å². The molecule has 4 heteroatoms. The summed E-state index contributed by atoms with van der Waals surface area (Å²) in [6.45, 7) is 0. The molecule has 0 spiro atoms. The predicted octanol–water partition coefficient (Wildman–Crippen LogP) is 1.87. The van der Waals surface area contributed by atoms with Crippen LogP contribution in [0.5, 0.6) is 0 Å². The number of anilines is 1. The Labute approximate surface area is 100 Å². The van der Waals surface area contributed by atoms with Crippen LogP contribution in [0.1, 0.15) is 5.56 Å². The summed E-state index contributed by atoms with van der Waals surface area (Å²) in [5, 5.41) is 7.26. The smallest absolute Gasteiger partial charge is 0.124 e. The fourth-order valence-electron chi connectivity index (χ4n) is 1.83. The third kappa shape index (κ3) is 2.36. The summed E-state index contributed by atoms with van der Waals surface area (Å²) in [7, 11) is 3.75. The molecule has 0 aliphatic rings. The van der Waals surface area contributed by atoms with Gasteiger partial charge in [-0.05, 0) is 17.2 Å². The van der Waals surface area contributed by atoms with Crippen molar-refractivity contribution in [2.45, 2.75) is 6.42 Å². The van der Waals surface area contributed by atoms with Crippen molar-refractivity contribution in [3.63, 3.8) is 0 Å². The Balaban J connectivity index is 2.40. The fourth-order valence-corrected chi connectivity index (χ4v) is 1.83. The molecule has 88 valence electrons. The predicted molar refractivity (Wildman–Crippen MR) is 68.0 cm³/mol. The van der Waals surface area contributed by atoms with E-state index in [0.717, 1.165) is 28.7 Å². The Morgan fingerprint density at radius 2 is 2.24 bits per heavy atom. The lowest BCUT2D eigenvalue weighted by atomic mass is 10.0. The number of hydrogen-bond donors (Lipinski definition) is 1. The van der Waals surface area contributed by atoms with Gasteiger partial charge in [0, 0.05) is 38.0 Å². The molecule has 0 aliphatic heterocycles. The van der Waals surface area contributed by atoms with Crippen molar-refractivity contribution >= 4 is 12.0 Å². The van der Waals surface area contributed by atoms with Gasteiger partial charge in [-0.15, -0.1) is 0 Å². The van der Waals surface area contributed by atoms with Gasteiger partial charge in [0.05, 0.1) is 6.20 Å². The van der Waals surface area contributed by atoms with Gasteiger partial charge in [-0.3, -0.25) is 4.68 Å². The molecule has 0 unspecified atom stereocenters. The van der Waals surface area contributed by atoms with Crippen molar-refractivity contribution in [2.24, 2.45) is 7.05 Å². The van der Waals surface area contributed by atoms with Crippen molar-refractivity contribution in [3.05, 3.63) is 36.2 Å². The zero-order valence-corrected chi connectivity index (χ0v) is 9.97. The Morgan fingerprint density at radius 3 is 2.82 bits per heavy atom. The molecule has 1 heterocycles. The topological polar surface area (TPSA) is 46.9 Å². The first-order valence-electron chi connectivity index (χ1n) is 5.48. The molecule has 0 saturated heterocycles. The van der Waals surface area contributed by atoms with Crippen LogP contribution in [0.25, 0.3) is 11.1 Å². The van der Waals surface area contributed by atoms with Gasteiger partial charge in [0.1, 0.15) is 6.29 Å². The molecule has 0 saturated carbocycles. The maximum absolute atomic E-state index is 10.6. The number of carbonyl (C=O) groups excluding carboxylic acids is 1. The lowest BCUT2D eigenvalue weighted by Gasteiger charge is -2.08. The summed E-state index contributed by atoms with van der Waals surface area (Å²) in [5.41, 5.74) is 4.16. The number of nitrogens with zero attached hydrogens (tertiary/aromatic N) is 2. The molecular weight excluding hydrogens is 214 g/mol. The molecule has 2 aromatic rings. The SMILES string of the molecule is CNc1cc(-c2cnn(C)c2)ccc1CC=O. The second-order valence-electron chi connectivity index (χ2n) is 3.90. The van der Waals surface area contributed by atoms with Crippen LogP contribution in [0.2, 0.25) is 0 Å². The molecular formula is C13H15N3O. The molecule has 1 aromatic carbocycles. The second-order valence-corrected chi connectivity index (χ2v) is 3.90. The minimum absolute atomic E-state index is 0.434. The average molecular weight is 229 g/mol. The van der Waals surface area contributed by atoms with Crippen molar-refractivity contribution in [3.8, 4) is 11.1 Å². The Kier molecular flexibility index (Phi) is 3.23. The van der Waals surface area contributed by atoms with Crippen molar-refractivity contribution in [1.29, 1.82) is 0 Å². The average Bonchev–Trinajstić information content (AvgIpc) is 2.77. The largest absolute Gasteiger partial charge is 0.388 e. The van der Waals surface area contributed by atoms with Crippen molar-refractivity contribution in [2.75, 3.05) is 12.4 Å². The van der Waals surface area contributed by atoms with Crippen molar-refractivity contribution < 1.29 is 4.79 Å². The highest BCUT2D eigenvalue weighted by Crippen LogP contribution is 2.25. The lowest BCUT2D eigenvalue weighted by Crippen LogP contribution is -1.96. The molecule has 1 aromatic heterocycles. The van der Waals surface area contributed by atoms with E-state index in [-0.39, 0.29) is 0 Å². The molecule has 17 heavy (non-hydrogen) atoms. The van der Waals surface area contributed by atoms with E-state index in [0.29, 0.717) is 6.42 Å². The number of carbonyl (C=O) groups is 1. The minimum Gasteiger partial charge on any atom is -0.388 e. The summed E-state index contributed by atoms with van der Waals surface area (Å²) >= 11 is 0. The van der Waals surface area contributed by atoms with Crippen LogP contribution in [-0.4, -0.2) is 23.1 Å². The maximum atomic E-state index is 10.6. The van der Waals surface area contributed by atoms with Gasteiger partial charge in [-0.2, -0.15) is 5.10 Å². The molecule has 0 amide bonds. The van der Waals surface area contributed by atoms with E-state index in [2.05, 4.69) is 10.4 Å². The van der Waals surface area contributed by atoms with Crippen LogP contribution < -0.4 is 5.32 Å². The molecule has 0 atom stereocenters. The molecule has 0 radical (unpaired) electrons. The second kappa shape index (κ2) is 4.82. The zero-order valence-electron chi connectivity index (χ0n) is 9.97. The van der Waals surface area contributed by atoms with E-state index in [1.165, 1.54) is 0 Å². The van der Waals surface area contributed by atoms with Crippen LogP contribution in [-0.2, 0) is 18.3 Å². The third-order valence-corrected chi connectivity index (χ3v) is 2.72. The van der Waals surface area contributed by atoms with Crippen molar-refractivity contribution in [1.82, 2.24) is 9.78 Å². The van der Waals surface area contributed by atoms with Crippen LogP contribution in [0.4, 0.5) is 5.69 Å². The molecule has 4 nitrogen and oxygen atoms in total. The van der Waals surface area contributed by atoms with E-state index in [1.807, 2.05) is 44.7 Å². The zero-order chi connectivity index (χ0) is 12.3.